The second kappa shape index (κ2) is 8.44. The maximum Gasteiger partial charge on any atom is 0.327 e. The zero-order valence-electron chi connectivity index (χ0n) is 15.1. The maximum atomic E-state index is 12.5. The molecule has 1 atom stereocenters. The summed E-state index contributed by atoms with van der Waals surface area (Å²) in [5.74, 6) is -0.571. The Balaban J connectivity index is 2.14. The Bertz CT molecular complexity index is 724. The molecule has 5 nitrogen and oxygen atoms in total. The summed E-state index contributed by atoms with van der Waals surface area (Å²) in [6.45, 7) is 3.98. The Hall–Kier alpha value is -2.66. The first-order valence-electron chi connectivity index (χ1n) is 8.13. The minimum atomic E-state index is -0.630. The van der Waals surface area contributed by atoms with Crippen molar-refractivity contribution in [3.05, 3.63) is 65.2 Å². The minimum Gasteiger partial charge on any atom is -0.468 e. The van der Waals surface area contributed by atoms with Gasteiger partial charge in [0.25, 0.3) is 0 Å². The van der Waals surface area contributed by atoms with Crippen LogP contribution in [-0.2, 0) is 14.3 Å². The van der Waals surface area contributed by atoms with E-state index in [0.717, 1.165) is 22.4 Å². The smallest absolute Gasteiger partial charge is 0.327 e. The molecule has 0 spiro atoms. The van der Waals surface area contributed by atoms with Crippen LogP contribution in [0.1, 0.15) is 22.7 Å². The number of para-hydroxylation sites is 1. The SMILES string of the molecule is COC(=O)C(c1ccccc1)N(C)CC(=O)Nc1c(C)cccc1C. The third kappa shape index (κ3) is 4.67. The highest BCUT2D eigenvalue weighted by molar-refractivity contribution is 5.94. The molecular weight excluding hydrogens is 316 g/mol. The Labute approximate surface area is 148 Å². The number of carbonyl (C=O) groups excluding carboxylic acids is 2. The third-order valence-electron chi connectivity index (χ3n) is 4.12. The molecule has 0 saturated carbocycles. The van der Waals surface area contributed by atoms with E-state index in [1.54, 1.807) is 11.9 Å². The highest BCUT2D eigenvalue weighted by Gasteiger charge is 2.27. The number of aryl methyl sites for hydroxylation is 2. The second-order valence-corrected chi connectivity index (χ2v) is 6.07. The Morgan fingerprint density at radius 1 is 1.04 bits per heavy atom. The summed E-state index contributed by atoms with van der Waals surface area (Å²) in [5.41, 5.74) is 3.61. The molecule has 0 radical (unpaired) electrons. The Morgan fingerprint density at radius 3 is 2.20 bits per heavy atom. The van der Waals surface area contributed by atoms with Crippen molar-refractivity contribution in [3.8, 4) is 0 Å². The van der Waals surface area contributed by atoms with Crippen LogP contribution in [0.4, 0.5) is 5.69 Å². The van der Waals surface area contributed by atoms with Crippen LogP contribution in [0.3, 0.4) is 0 Å². The number of nitrogens with zero attached hydrogens (tertiary/aromatic N) is 1. The van der Waals surface area contributed by atoms with Crippen LogP contribution in [-0.4, -0.2) is 37.5 Å². The van der Waals surface area contributed by atoms with Crippen molar-refractivity contribution in [1.82, 2.24) is 4.90 Å². The van der Waals surface area contributed by atoms with Gasteiger partial charge in [-0.05, 0) is 37.6 Å². The van der Waals surface area contributed by atoms with Crippen LogP contribution in [0.5, 0.6) is 0 Å². The number of rotatable bonds is 6. The van der Waals surface area contributed by atoms with Gasteiger partial charge in [-0.1, -0.05) is 48.5 Å². The summed E-state index contributed by atoms with van der Waals surface area (Å²) in [4.78, 5) is 26.4. The number of amides is 1. The fraction of sp³-hybridized carbons (Fsp3) is 0.300. The number of anilines is 1. The fourth-order valence-corrected chi connectivity index (χ4v) is 2.83. The van der Waals surface area contributed by atoms with Gasteiger partial charge < -0.3 is 10.1 Å². The molecule has 25 heavy (non-hydrogen) atoms. The van der Waals surface area contributed by atoms with E-state index in [1.165, 1.54) is 7.11 Å². The summed E-state index contributed by atoms with van der Waals surface area (Å²) >= 11 is 0. The zero-order chi connectivity index (χ0) is 18.4. The van der Waals surface area contributed by atoms with E-state index in [0.29, 0.717) is 0 Å². The van der Waals surface area contributed by atoms with Gasteiger partial charge in [-0.3, -0.25) is 9.69 Å². The highest BCUT2D eigenvalue weighted by Crippen LogP contribution is 2.22. The largest absolute Gasteiger partial charge is 0.468 e. The number of hydrogen-bond donors (Lipinski definition) is 1. The number of carbonyl (C=O) groups is 2. The van der Waals surface area contributed by atoms with Crippen LogP contribution in [0, 0.1) is 13.8 Å². The average molecular weight is 340 g/mol. The summed E-state index contributed by atoms with van der Waals surface area (Å²) in [6, 6.07) is 14.5. The van der Waals surface area contributed by atoms with Gasteiger partial charge in [0.1, 0.15) is 6.04 Å². The van der Waals surface area contributed by atoms with Gasteiger partial charge in [-0.15, -0.1) is 0 Å². The highest BCUT2D eigenvalue weighted by atomic mass is 16.5. The molecule has 0 aromatic heterocycles. The molecule has 5 heteroatoms. The van der Waals surface area contributed by atoms with E-state index < -0.39 is 12.0 Å². The Kier molecular flexibility index (Phi) is 6.31. The minimum absolute atomic E-state index is 0.0719. The number of benzene rings is 2. The standard InChI is InChI=1S/C20H24N2O3/c1-14-9-8-10-15(2)18(14)21-17(23)13-22(3)19(20(24)25-4)16-11-6-5-7-12-16/h5-12,19H,13H2,1-4H3,(H,21,23). The van der Waals surface area contributed by atoms with Crippen molar-refractivity contribution in [3.63, 3.8) is 0 Å². The lowest BCUT2D eigenvalue weighted by Gasteiger charge is -2.26. The first kappa shape index (κ1) is 18.7. The number of hydrogen-bond acceptors (Lipinski definition) is 4. The molecule has 0 aliphatic heterocycles. The molecule has 2 rings (SSSR count). The summed E-state index contributed by atoms with van der Waals surface area (Å²) in [6.07, 6.45) is 0. The third-order valence-corrected chi connectivity index (χ3v) is 4.12. The molecule has 0 saturated heterocycles. The predicted molar refractivity (Wildman–Crippen MR) is 98.4 cm³/mol. The fourth-order valence-electron chi connectivity index (χ4n) is 2.83. The van der Waals surface area contributed by atoms with Crippen molar-refractivity contribution in [2.75, 3.05) is 26.0 Å². The summed E-state index contributed by atoms with van der Waals surface area (Å²) < 4.78 is 4.91. The quantitative estimate of drug-likeness (QED) is 0.821. The van der Waals surface area contributed by atoms with Crippen LogP contribution in [0.15, 0.2) is 48.5 Å². The molecule has 1 unspecified atom stereocenters. The Morgan fingerprint density at radius 2 is 1.64 bits per heavy atom. The number of methoxy groups -OCH3 is 1. The van der Waals surface area contributed by atoms with Gasteiger partial charge in [-0.25, -0.2) is 4.79 Å². The first-order chi connectivity index (χ1) is 11.9. The van der Waals surface area contributed by atoms with Crippen molar-refractivity contribution in [2.24, 2.45) is 0 Å². The number of esters is 1. The van der Waals surface area contributed by atoms with E-state index in [1.807, 2.05) is 62.4 Å². The van der Waals surface area contributed by atoms with Crippen molar-refractivity contribution < 1.29 is 14.3 Å². The van der Waals surface area contributed by atoms with E-state index >= 15 is 0 Å². The number of nitrogens with one attached hydrogen (secondary N) is 1. The summed E-state index contributed by atoms with van der Waals surface area (Å²) in [7, 11) is 3.09. The van der Waals surface area contributed by atoms with Crippen LogP contribution < -0.4 is 5.32 Å². The lowest BCUT2D eigenvalue weighted by Crippen LogP contribution is -2.37. The molecule has 0 aliphatic rings. The van der Waals surface area contributed by atoms with Crippen LogP contribution in [0.25, 0.3) is 0 Å². The van der Waals surface area contributed by atoms with E-state index in [2.05, 4.69) is 5.32 Å². The molecule has 2 aromatic rings. The van der Waals surface area contributed by atoms with Crippen LogP contribution in [0.2, 0.25) is 0 Å². The van der Waals surface area contributed by atoms with Crippen molar-refractivity contribution in [2.45, 2.75) is 19.9 Å². The molecule has 1 N–H and O–H groups in total. The normalized spacial score (nSPS) is 11.9. The molecule has 2 aromatic carbocycles. The lowest BCUT2D eigenvalue weighted by atomic mass is 10.1. The molecule has 132 valence electrons. The van der Waals surface area contributed by atoms with Crippen LogP contribution >= 0.6 is 0 Å². The van der Waals surface area contributed by atoms with Gasteiger partial charge in [0.15, 0.2) is 0 Å². The summed E-state index contributed by atoms with van der Waals surface area (Å²) in [5, 5.41) is 2.94. The maximum absolute atomic E-state index is 12.5. The van der Waals surface area contributed by atoms with Gasteiger partial charge in [-0.2, -0.15) is 0 Å². The van der Waals surface area contributed by atoms with Crippen molar-refractivity contribution in [1.29, 1.82) is 0 Å². The first-order valence-corrected chi connectivity index (χ1v) is 8.13. The predicted octanol–water partition coefficient (Wildman–Crippen LogP) is 3.09. The molecule has 0 bridgehead atoms. The molecule has 0 fully saturated rings. The number of likely N-dealkylation sites (N-methyl/N-ethyl adjacent to an activating group) is 1. The van der Waals surface area contributed by atoms with E-state index in [-0.39, 0.29) is 12.5 Å². The molecular formula is C20H24N2O3. The molecule has 1 amide bonds. The van der Waals surface area contributed by atoms with Crippen molar-refractivity contribution >= 4 is 17.6 Å². The van der Waals surface area contributed by atoms with E-state index in [4.69, 9.17) is 4.74 Å². The average Bonchev–Trinajstić information content (AvgIpc) is 2.59. The van der Waals surface area contributed by atoms with Gasteiger partial charge in [0, 0.05) is 5.69 Å². The lowest BCUT2D eigenvalue weighted by molar-refractivity contribution is -0.147. The molecule has 0 aliphatic carbocycles. The van der Waals surface area contributed by atoms with Gasteiger partial charge in [0.05, 0.1) is 13.7 Å². The van der Waals surface area contributed by atoms with Gasteiger partial charge in [0.2, 0.25) is 5.91 Å². The second-order valence-electron chi connectivity index (χ2n) is 6.07. The molecule has 0 heterocycles. The topological polar surface area (TPSA) is 58.6 Å². The monoisotopic (exact) mass is 340 g/mol. The van der Waals surface area contributed by atoms with E-state index in [9.17, 15) is 9.59 Å². The zero-order valence-corrected chi connectivity index (χ0v) is 15.1. The number of ether oxygens (including phenoxy) is 1. The van der Waals surface area contributed by atoms with Gasteiger partial charge >= 0.3 is 5.97 Å².